The van der Waals surface area contributed by atoms with Crippen molar-refractivity contribution in [2.45, 2.75) is 46.5 Å². The zero-order valence-electron chi connectivity index (χ0n) is 26.0. The maximum absolute atomic E-state index is 13.9. The molecule has 6 aromatic rings. The van der Waals surface area contributed by atoms with Crippen molar-refractivity contribution >= 4 is 36.6 Å². The number of nitriles is 1. The molecule has 2 heterocycles. The third-order valence-electron chi connectivity index (χ3n) is 7.83. The first kappa shape index (κ1) is 32.4. The van der Waals surface area contributed by atoms with Crippen LogP contribution in [0.25, 0.3) is 11.0 Å². The fourth-order valence-electron chi connectivity index (χ4n) is 5.40. The minimum Gasteiger partial charge on any atom is -0.449 e. The molecule has 0 spiro atoms. The van der Waals surface area contributed by atoms with Crippen molar-refractivity contribution < 1.29 is 26.0 Å². The Hall–Kier alpha value is -5.57. The van der Waals surface area contributed by atoms with Gasteiger partial charge < -0.3 is 9.32 Å². The van der Waals surface area contributed by atoms with Crippen LogP contribution in [0.1, 0.15) is 38.4 Å². The zero-order valence-corrected chi connectivity index (χ0v) is 27.6. The van der Waals surface area contributed by atoms with E-state index in [1.165, 1.54) is 54.7 Å². The summed E-state index contributed by atoms with van der Waals surface area (Å²) in [6.07, 6.45) is 3.13. The molecule has 0 bridgehead atoms. The van der Waals surface area contributed by atoms with Crippen LogP contribution < -0.4 is 0 Å². The van der Waals surface area contributed by atoms with Gasteiger partial charge in [-0.2, -0.15) is 5.26 Å². The Bertz CT molecular complexity index is 2360. The van der Waals surface area contributed by atoms with E-state index in [2.05, 4.69) is 4.98 Å². The highest BCUT2D eigenvalue weighted by atomic mass is 32.2. The summed E-state index contributed by atoms with van der Waals surface area (Å²) in [5.74, 6) is -0.306. The highest BCUT2D eigenvalue weighted by Crippen LogP contribution is 2.26. The number of hydrogen-bond acceptors (Lipinski definition) is 8. The number of rotatable bonds is 9. The summed E-state index contributed by atoms with van der Waals surface area (Å²) in [6.45, 7) is 3.92. The number of aryl methyl sites for hydroxylation is 2. The maximum Gasteiger partial charge on any atom is 0.290 e. The number of carbonyl (C=O) groups excluding carboxylic acids is 1. The summed E-state index contributed by atoms with van der Waals surface area (Å²) in [7, 11) is -7.59. The first-order valence-corrected chi connectivity index (χ1v) is 17.8. The number of hydrogen-bond donors (Lipinski definition) is 0. The Morgan fingerprint density at radius 1 is 0.708 bits per heavy atom. The highest BCUT2D eigenvalue weighted by Gasteiger charge is 2.23. The van der Waals surface area contributed by atoms with Gasteiger partial charge in [-0.25, -0.2) is 16.8 Å². The lowest BCUT2D eigenvalue weighted by atomic mass is 10.1. The van der Waals surface area contributed by atoms with Crippen LogP contribution in [0.5, 0.6) is 0 Å². The van der Waals surface area contributed by atoms with Gasteiger partial charge in [-0.05, 0) is 109 Å². The average Bonchev–Trinajstić information content (AvgIpc) is 3.52. The molecule has 6 rings (SSSR count). The van der Waals surface area contributed by atoms with Crippen molar-refractivity contribution in [3.63, 3.8) is 0 Å². The molecule has 0 aliphatic heterocycles. The maximum atomic E-state index is 13.9. The number of pyridine rings is 1. The van der Waals surface area contributed by atoms with Crippen molar-refractivity contribution in [2.24, 2.45) is 0 Å². The number of sulfone groups is 2. The number of furan rings is 1. The molecule has 0 atom stereocenters. The summed E-state index contributed by atoms with van der Waals surface area (Å²) < 4.78 is 59.0. The van der Waals surface area contributed by atoms with E-state index in [4.69, 9.17) is 9.68 Å². The van der Waals surface area contributed by atoms with E-state index in [1.54, 1.807) is 59.6 Å². The molecule has 1 amide bonds. The van der Waals surface area contributed by atoms with Crippen LogP contribution in [-0.4, -0.2) is 32.6 Å². The molecular formula is C37H29N3O6S2. The lowest BCUT2D eigenvalue weighted by molar-refractivity contribution is 0.0700. The van der Waals surface area contributed by atoms with Crippen molar-refractivity contribution in [3.8, 4) is 6.07 Å². The Balaban J connectivity index is 1.28. The van der Waals surface area contributed by atoms with Crippen LogP contribution in [0.3, 0.4) is 0 Å². The second kappa shape index (κ2) is 12.9. The van der Waals surface area contributed by atoms with Crippen LogP contribution in [0, 0.1) is 25.2 Å². The standard InChI is InChI=1S/C37H29N3O6S2/c1-25-17-26(2)19-34(18-25)48(44,45)33-13-7-29(8-14-33)24-40(37(41)35-20-30-15-16-39-22-36(30)46-35)23-28-5-11-32(12-6-28)47(42,43)31-9-3-27(21-38)4-10-31/h3-20,22H,23-24H2,1-2H3. The molecule has 48 heavy (non-hydrogen) atoms. The topological polar surface area (TPSA) is 138 Å². The van der Waals surface area contributed by atoms with Gasteiger partial charge in [-0.15, -0.1) is 0 Å². The lowest BCUT2D eigenvalue weighted by Gasteiger charge is -2.22. The quantitative estimate of drug-likeness (QED) is 0.163. The Morgan fingerprint density at radius 3 is 1.71 bits per heavy atom. The SMILES string of the molecule is Cc1cc(C)cc(S(=O)(=O)c2ccc(CN(Cc3ccc(S(=O)(=O)c4ccc(C#N)cc4)cc3)C(=O)c3cc4ccncc4o3)cc2)c1. The lowest BCUT2D eigenvalue weighted by Crippen LogP contribution is -2.30. The van der Waals surface area contributed by atoms with Gasteiger partial charge in [0, 0.05) is 24.7 Å². The second-order valence-electron chi connectivity index (χ2n) is 11.4. The number of carbonyl (C=O) groups is 1. The van der Waals surface area contributed by atoms with Crippen LogP contribution in [0.2, 0.25) is 0 Å². The Labute approximate surface area is 278 Å². The Kier molecular flexibility index (Phi) is 8.71. The van der Waals surface area contributed by atoms with Gasteiger partial charge >= 0.3 is 0 Å². The van der Waals surface area contributed by atoms with E-state index >= 15 is 0 Å². The van der Waals surface area contributed by atoms with E-state index in [9.17, 15) is 21.6 Å². The molecule has 0 saturated carbocycles. The second-order valence-corrected chi connectivity index (χ2v) is 15.3. The van der Waals surface area contributed by atoms with E-state index in [0.717, 1.165) is 11.1 Å². The Morgan fingerprint density at radius 2 is 1.21 bits per heavy atom. The molecule has 2 aromatic heterocycles. The third kappa shape index (κ3) is 6.62. The zero-order chi connectivity index (χ0) is 34.1. The summed E-state index contributed by atoms with van der Waals surface area (Å²) in [4.78, 5) is 19.9. The molecule has 0 aliphatic carbocycles. The molecule has 0 saturated heterocycles. The van der Waals surface area contributed by atoms with Gasteiger partial charge in [-0.1, -0.05) is 30.3 Å². The predicted molar refractivity (Wildman–Crippen MR) is 178 cm³/mol. The predicted octanol–water partition coefficient (Wildman–Crippen LogP) is 6.82. The molecule has 0 aliphatic rings. The summed E-state index contributed by atoms with van der Waals surface area (Å²) >= 11 is 0. The van der Waals surface area contributed by atoms with Gasteiger partial charge in [0.15, 0.2) is 11.3 Å². The molecular weight excluding hydrogens is 647 g/mol. The van der Waals surface area contributed by atoms with Crippen molar-refractivity contribution in [3.05, 3.63) is 149 Å². The number of benzene rings is 4. The number of aromatic nitrogens is 1. The van der Waals surface area contributed by atoms with Gasteiger partial charge in [0.2, 0.25) is 19.7 Å². The van der Waals surface area contributed by atoms with Gasteiger partial charge in [0.05, 0.1) is 37.4 Å². The highest BCUT2D eigenvalue weighted by molar-refractivity contribution is 7.91. The van der Waals surface area contributed by atoms with Crippen molar-refractivity contribution in [1.29, 1.82) is 5.26 Å². The molecule has 0 N–H and O–H groups in total. The van der Waals surface area contributed by atoms with Crippen LogP contribution in [0.4, 0.5) is 0 Å². The first-order valence-electron chi connectivity index (χ1n) is 14.8. The van der Waals surface area contributed by atoms with Gasteiger partial charge in [0.1, 0.15) is 0 Å². The fraction of sp³-hybridized carbons (Fsp3) is 0.108. The van der Waals surface area contributed by atoms with E-state index in [1.807, 2.05) is 26.0 Å². The number of fused-ring (bicyclic) bond motifs is 1. The molecule has 9 nitrogen and oxygen atoms in total. The van der Waals surface area contributed by atoms with Crippen molar-refractivity contribution in [2.75, 3.05) is 0 Å². The minimum atomic E-state index is -3.83. The average molecular weight is 676 g/mol. The molecule has 0 fully saturated rings. The molecule has 11 heteroatoms. The smallest absolute Gasteiger partial charge is 0.290 e. The van der Waals surface area contributed by atoms with Crippen LogP contribution >= 0.6 is 0 Å². The monoisotopic (exact) mass is 675 g/mol. The molecule has 0 radical (unpaired) electrons. The summed E-state index contributed by atoms with van der Waals surface area (Å²) in [5, 5.41) is 9.75. The number of nitrogens with zero attached hydrogens (tertiary/aromatic N) is 3. The fourth-order valence-corrected chi connectivity index (χ4v) is 8.11. The van der Waals surface area contributed by atoms with E-state index in [0.29, 0.717) is 27.7 Å². The first-order chi connectivity index (χ1) is 22.9. The van der Waals surface area contributed by atoms with Crippen LogP contribution in [0.15, 0.2) is 140 Å². The van der Waals surface area contributed by atoms with Crippen molar-refractivity contribution in [1.82, 2.24) is 9.88 Å². The van der Waals surface area contributed by atoms with Gasteiger partial charge in [0.25, 0.3) is 5.91 Å². The summed E-state index contributed by atoms with van der Waals surface area (Å²) in [5.41, 5.74) is 3.85. The normalized spacial score (nSPS) is 11.7. The van der Waals surface area contributed by atoms with E-state index in [-0.39, 0.29) is 38.4 Å². The third-order valence-corrected chi connectivity index (χ3v) is 11.4. The molecule has 4 aromatic carbocycles. The summed E-state index contributed by atoms with van der Waals surface area (Å²) in [6, 6.07) is 28.9. The molecule has 0 unspecified atom stereocenters. The van der Waals surface area contributed by atoms with Crippen LogP contribution in [-0.2, 0) is 32.8 Å². The largest absolute Gasteiger partial charge is 0.449 e. The number of amides is 1. The van der Waals surface area contributed by atoms with Gasteiger partial charge in [-0.3, -0.25) is 9.78 Å². The van der Waals surface area contributed by atoms with E-state index < -0.39 is 25.6 Å². The molecule has 240 valence electrons. The minimum absolute atomic E-state index is 0.0634.